The van der Waals surface area contributed by atoms with Crippen molar-refractivity contribution in [3.05, 3.63) is 34.3 Å². The summed E-state index contributed by atoms with van der Waals surface area (Å²) in [5.41, 5.74) is 1.17. The van der Waals surface area contributed by atoms with Crippen LogP contribution in [0.5, 0.6) is 0 Å². The number of halogens is 1. The lowest BCUT2D eigenvalue weighted by Crippen LogP contribution is -2.51. The molecule has 2 rings (SSSR count). The van der Waals surface area contributed by atoms with Crippen molar-refractivity contribution in [3.63, 3.8) is 0 Å². The van der Waals surface area contributed by atoms with E-state index in [9.17, 15) is 4.79 Å². The van der Waals surface area contributed by atoms with Crippen LogP contribution in [0.3, 0.4) is 0 Å². The zero-order valence-corrected chi connectivity index (χ0v) is 13.1. The van der Waals surface area contributed by atoms with Crippen molar-refractivity contribution in [2.24, 2.45) is 0 Å². The number of rotatable bonds is 4. The molecule has 1 aromatic carbocycles. The van der Waals surface area contributed by atoms with Gasteiger partial charge in [0.1, 0.15) is 0 Å². The highest BCUT2D eigenvalue weighted by Crippen LogP contribution is 2.18. The van der Waals surface area contributed by atoms with Crippen molar-refractivity contribution in [1.82, 2.24) is 10.2 Å². The average molecular weight is 325 g/mol. The van der Waals surface area contributed by atoms with E-state index in [-0.39, 0.29) is 11.9 Å². The molecule has 0 radical (unpaired) electrons. The molecule has 0 aromatic heterocycles. The van der Waals surface area contributed by atoms with Crippen LogP contribution in [-0.2, 0) is 11.3 Å². The number of carbonyl (C=O) groups excluding carboxylic acids is 1. The van der Waals surface area contributed by atoms with Crippen LogP contribution in [0.25, 0.3) is 0 Å². The molecular weight excluding hydrogens is 304 g/mol. The molecule has 1 aliphatic heterocycles. The smallest absolute Gasteiger partial charge is 0.240 e. The molecule has 19 heavy (non-hydrogen) atoms. The second-order valence-corrected chi connectivity index (χ2v) is 6.32. The predicted molar refractivity (Wildman–Crippen MR) is 80.9 cm³/mol. The third kappa shape index (κ3) is 4.05. The molecule has 1 unspecified atom stereocenters. The molecule has 4 heteroatoms. The maximum absolute atomic E-state index is 12.4. The molecule has 1 heterocycles. The molecule has 1 saturated heterocycles. The highest BCUT2D eigenvalue weighted by molar-refractivity contribution is 9.10. The van der Waals surface area contributed by atoms with Gasteiger partial charge in [-0.3, -0.25) is 4.79 Å². The summed E-state index contributed by atoms with van der Waals surface area (Å²) < 4.78 is 1.06. The number of benzene rings is 1. The molecule has 104 valence electrons. The molecule has 1 atom stereocenters. The number of hydrogen-bond acceptors (Lipinski definition) is 2. The fraction of sp³-hybridized carbons (Fsp3) is 0.533. The molecule has 1 amide bonds. The van der Waals surface area contributed by atoms with E-state index < -0.39 is 0 Å². The lowest BCUT2D eigenvalue weighted by molar-refractivity contribution is -0.136. The molecule has 0 spiro atoms. The molecule has 1 N–H and O–H groups in total. The third-order valence-corrected chi connectivity index (χ3v) is 3.82. The maximum atomic E-state index is 12.4. The van der Waals surface area contributed by atoms with Gasteiger partial charge in [-0.05, 0) is 30.5 Å². The van der Waals surface area contributed by atoms with Crippen molar-refractivity contribution in [3.8, 4) is 0 Å². The summed E-state index contributed by atoms with van der Waals surface area (Å²) in [4.78, 5) is 14.4. The van der Waals surface area contributed by atoms with Gasteiger partial charge in [-0.1, -0.05) is 41.9 Å². The van der Waals surface area contributed by atoms with Gasteiger partial charge in [0.2, 0.25) is 5.91 Å². The largest absolute Gasteiger partial charge is 0.337 e. The third-order valence-electron chi connectivity index (χ3n) is 3.33. The fourth-order valence-electron chi connectivity index (χ4n) is 2.51. The fourth-order valence-corrected chi connectivity index (χ4v) is 2.96. The first-order valence-corrected chi connectivity index (χ1v) is 7.65. The van der Waals surface area contributed by atoms with Gasteiger partial charge in [0.15, 0.2) is 0 Å². The number of nitrogens with one attached hydrogen (secondary N) is 1. The molecule has 0 saturated carbocycles. The molecule has 0 bridgehead atoms. The van der Waals surface area contributed by atoms with Crippen LogP contribution in [-0.4, -0.2) is 29.4 Å². The van der Waals surface area contributed by atoms with Crippen molar-refractivity contribution >= 4 is 21.8 Å². The molecule has 1 fully saturated rings. The Kier molecular flexibility index (Phi) is 4.99. The highest BCUT2D eigenvalue weighted by atomic mass is 79.9. The maximum Gasteiger partial charge on any atom is 0.240 e. The second-order valence-electron chi connectivity index (χ2n) is 5.41. The van der Waals surface area contributed by atoms with Gasteiger partial charge in [0.05, 0.1) is 6.04 Å². The van der Waals surface area contributed by atoms with Crippen LogP contribution in [0.1, 0.15) is 32.3 Å². The SMILES string of the molecule is CC(C)NC1CCCN(Cc2cccc(Br)c2)C1=O. The summed E-state index contributed by atoms with van der Waals surface area (Å²) in [7, 11) is 0. The van der Waals surface area contributed by atoms with E-state index in [1.807, 2.05) is 17.0 Å². The molecule has 3 nitrogen and oxygen atoms in total. The Morgan fingerprint density at radius 3 is 2.95 bits per heavy atom. The first-order chi connectivity index (χ1) is 9.06. The number of amides is 1. The standard InChI is InChI=1S/C15H21BrN2O/c1-11(2)17-14-7-4-8-18(15(14)19)10-12-5-3-6-13(16)9-12/h3,5-6,9,11,14,17H,4,7-8,10H2,1-2H3. The zero-order valence-electron chi connectivity index (χ0n) is 11.5. The summed E-state index contributed by atoms with van der Waals surface area (Å²) in [5, 5.41) is 3.36. The van der Waals surface area contributed by atoms with Gasteiger partial charge in [-0.2, -0.15) is 0 Å². The van der Waals surface area contributed by atoms with Gasteiger partial charge in [-0.15, -0.1) is 0 Å². The minimum absolute atomic E-state index is 0.0131. The summed E-state index contributed by atoms with van der Waals surface area (Å²) in [6.07, 6.45) is 2.02. The van der Waals surface area contributed by atoms with Gasteiger partial charge in [0, 0.05) is 23.6 Å². The van der Waals surface area contributed by atoms with E-state index in [2.05, 4.69) is 47.2 Å². The van der Waals surface area contributed by atoms with E-state index in [4.69, 9.17) is 0 Å². The van der Waals surface area contributed by atoms with Crippen molar-refractivity contribution < 1.29 is 4.79 Å². The van der Waals surface area contributed by atoms with Gasteiger partial charge < -0.3 is 10.2 Å². The highest BCUT2D eigenvalue weighted by Gasteiger charge is 2.28. The van der Waals surface area contributed by atoms with Crippen LogP contribution in [0.4, 0.5) is 0 Å². The number of carbonyl (C=O) groups is 1. The van der Waals surface area contributed by atoms with Gasteiger partial charge in [-0.25, -0.2) is 0 Å². The van der Waals surface area contributed by atoms with Crippen LogP contribution in [0, 0.1) is 0 Å². The number of nitrogens with zero attached hydrogens (tertiary/aromatic N) is 1. The molecular formula is C15H21BrN2O. The Morgan fingerprint density at radius 1 is 1.47 bits per heavy atom. The Labute approximate surface area is 123 Å². The zero-order chi connectivity index (χ0) is 13.8. The summed E-state index contributed by atoms with van der Waals surface area (Å²) >= 11 is 3.47. The summed E-state index contributed by atoms with van der Waals surface area (Å²) in [6, 6.07) is 8.49. The summed E-state index contributed by atoms with van der Waals surface area (Å²) in [5.74, 6) is 0.236. The van der Waals surface area contributed by atoms with Crippen LogP contribution >= 0.6 is 15.9 Å². The normalized spacial score (nSPS) is 20.1. The van der Waals surface area contributed by atoms with Crippen LogP contribution < -0.4 is 5.32 Å². The van der Waals surface area contributed by atoms with Crippen molar-refractivity contribution in [2.75, 3.05) is 6.54 Å². The lowest BCUT2D eigenvalue weighted by atomic mass is 10.0. The quantitative estimate of drug-likeness (QED) is 0.923. The molecule has 1 aromatic rings. The van der Waals surface area contributed by atoms with Crippen LogP contribution in [0.2, 0.25) is 0 Å². The number of piperidine rings is 1. The monoisotopic (exact) mass is 324 g/mol. The minimum atomic E-state index is -0.0131. The predicted octanol–water partition coefficient (Wildman–Crippen LogP) is 2.94. The van der Waals surface area contributed by atoms with Crippen molar-refractivity contribution in [2.45, 2.75) is 45.3 Å². The van der Waals surface area contributed by atoms with E-state index in [1.54, 1.807) is 0 Å². The average Bonchev–Trinajstić information content (AvgIpc) is 2.34. The lowest BCUT2D eigenvalue weighted by Gasteiger charge is -2.33. The minimum Gasteiger partial charge on any atom is -0.337 e. The summed E-state index contributed by atoms with van der Waals surface area (Å²) in [6.45, 7) is 5.73. The Morgan fingerprint density at radius 2 is 2.26 bits per heavy atom. The first kappa shape index (κ1) is 14.5. The van der Waals surface area contributed by atoms with E-state index in [0.29, 0.717) is 12.6 Å². The van der Waals surface area contributed by atoms with E-state index in [0.717, 1.165) is 23.9 Å². The first-order valence-electron chi connectivity index (χ1n) is 6.85. The van der Waals surface area contributed by atoms with Gasteiger partial charge in [0.25, 0.3) is 0 Å². The topological polar surface area (TPSA) is 32.3 Å². The van der Waals surface area contributed by atoms with Crippen LogP contribution in [0.15, 0.2) is 28.7 Å². The Balaban J connectivity index is 2.01. The number of likely N-dealkylation sites (tertiary alicyclic amines) is 1. The molecule has 1 aliphatic rings. The van der Waals surface area contributed by atoms with E-state index >= 15 is 0 Å². The van der Waals surface area contributed by atoms with Crippen molar-refractivity contribution in [1.29, 1.82) is 0 Å². The Bertz CT molecular complexity index is 448. The van der Waals surface area contributed by atoms with E-state index in [1.165, 1.54) is 5.56 Å². The molecule has 0 aliphatic carbocycles. The Hall–Kier alpha value is -0.870. The second kappa shape index (κ2) is 6.53. The number of hydrogen-bond donors (Lipinski definition) is 1. The van der Waals surface area contributed by atoms with Gasteiger partial charge >= 0.3 is 0 Å².